The van der Waals surface area contributed by atoms with Gasteiger partial charge in [0.25, 0.3) is 0 Å². The topological polar surface area (TPSA) is 105 Å². The molecule has 2 amide bonds. The molecule has 3 rings (SSSR count). The van der Waals surface area contributed by atoms with Crippen molar-refractivity contribution in [2.24, 2.45) is 20.4 Å². The van der Waals surface area contributed by atoms with Gasteiger partial charge in [-0.1, -0.05) is 41.5 Å². The molecule has 0 spiro atoms. The summed E-state index contributed by atoms with van der Waals surface area (Å²) in [5.74, 6) is 2.83. The normalized spacial score (nSPS) is 16.8. The van der Waals surface area contributed by atoms with Gasteiger partial charge in [0, 0.05) is 29.9 Å². The highest BCUT2D eigenvalue weighted by atomic mass is 32.2. The van der Waals surface area contributed by atoms with Crippen LogP contribution in [0.4, 0.5) is 4.79 Å². The molecule has 1 N–H and O–H groups in total. The number of amides is 2. The Hall–Kier alpha value is -1.33. The fraction of sp³-hybridized carbons (Fsp3) is 0.714. The molecule has 0 atom stereocenters. The average molecular weight is 502 g/mol. The maximum absolute atomic E-state index is 10.7. The minimum atomic E-state index is -0.440. The van der Waals surface area contributed by atoms with Gasteiger partial charge in [-0.25, -0.2) is 4.79 Å². The summed E-state index contributed by atoms with van der Waals surface area (Å²) < 4.78 is 4.64. The number of nitrogens with one attached hydrogen (secondary N) is 1. The van der Waals surface area contributed by atoms with E-state index in [-0.39, 0.29) is 5.91 Å². The van der Waals surface area contributed by atoms with E-state index in [4.69, 9.17) is 0 Å². The van der Waals surface area contributed by atoms with Crippen molar-refractivity contribution >= 4 is 58.7 Å². The molecule has 0 saturated heterocycles. The fourth-order valence-corrected chi connectivity index (χ4v) is 4.19. The minimum absolute atomic E-state index is 0.0596. The van der Waals surface area contributed by atoms with E-state index in [0.29, 0.717) is 28.9 Å². The molecule has 0 unspecified atom stereocenters. The van der Waals surface area contributed by atoms with E-state index in [0.717, 1.165) is 35.2 Å². The highest BCUT2D eigenvalue weighted by molar-refractivity contribution is 8.00. The molecule has 0 aromatic heterocycles. The van der Waals surface area contributed by atoms with E-state index in [9.17, 15) is 9.59 Å². The Labute approximate surface area is 204 Å². The summed E-state index contributed by atoms with van der Waals surface area (Å²) in [5, 5.41) is 15.8. The standard InChI is InChI=1S/C8H13NOS.C7H11NO2S.C6H11N3S/c1-6(2)11-5-7-3-8(10)9-4-7;1-5(2)11-4-6-3-10-7(9)8-6;1-5(2)10-4-6-3-7-9-8-6/h3,6H,4-5H2,1-2H3,(H,9,10);5H,3-4H2,1-2H3;5H,3-4H2,1-2H3. The number of carbonyl (C=O) groups is 2. The first kappa shape index (κ1) is 28.7. The predicted octanol–water partition coefficient (Wildman–Crippen LogP) is 4.85. The van der Waals surface area contributed by atoms with Crippen LogP contribution in [0.1, 0.15) is 41.5 Å². The molecule has 0 radical (unpaired) electrons. The zero-order valence-electron chi connectivity index (χ0n) is 19.8. The first-order valence-corrected chi connectivity index (χ1v) is 13.8. The third-order valence-corrected chi connectivity index (χ3v) is 7.25. The first-order valence-electron chi connectivity index (χ1n) is 10.6. The predicted molar refractivity (Wildman–Crippen MR) is 140 cm³/mol. The van der Waals surface area contributed by atoms with E-state index in [1.807, 2.05) is 23.5 Å². The van der Waals surface area contributed by atoms with Gasteiger partial charge < -0.3 is 10.1 Å². The molecule has 8 nitrogen and oxygen atoms in total. The van der Waals surface area contributed by atoms with Crippen molar-refractivity contribution in [3.8, 4) is 0 Å². The first-order chi connectivity index (χ1) is 15.2. The molecular weight excluding hydrogens is 466 g/mol. The Morgan fingerprint density at radius 3 is 1.97 bits per heavy atom. The molecule has 3 aliphatic rings. The fourth-order valence-electron chi connectivity index (χ4n) is 2.11. The van der Waals surface area contributed by atoms with Gasteiger partial charge in [0.15, 0.2) is 0 Å². The van der Waals surface area contributed by atoms with Crippen LogP contribution in [0.25, 0.3) is 0 Å². The summed E-state index contributed by atoms with van der Waals surface area (Å²) in [6.07, 6.45) is 1.26. The molecule has 0 aromatic carbocycles. The second-order valence-electron chi connectivity index (χ2n) is 7.89. The number of ether oxygens (including phenoxy) is 1. The van der Waals surface area contributed by atoms with E-state index < -0.39 is 6.09 Å². The SMILES string of the molecule is CC(C)SCC1=CC(=O)NC1.CC(C)SCC1=NC(=O)OC1.CC(C)SCC1=NN=NC1. The van der Waals surface area contributed by atoms with Gasteiger partial charge in [-0.05, 0) is 26.5 Å². The summed E-state index contributed by atoms with van der Waals surface area (Å²) in [6.45, 7) is 14.7. The van der Waals surface area contributed by atoms with E-state index in [2.05, 4.69) is 72.0 Å². The molecule has 32 heavy (non-hydrogen) atoms. The van der Waals surface area contributed by atoms with Gasteiger partial charge in [0.2, 0.25) is 5.91 Å². The van der Waals surface area contributed by atoms with Crippen molar-refractivity contribution in [1.82, 2.24) is 5.32 Å². The molecule has 0 aromatic rings. The second-order valence-corrected chi connectivity index (χ2v) is 12.6. The number of hydrogen-bond acceptors (Lipinski definition) is 9. The van der Waals surface area contributed by atoms with Crippen LogP contribution < -0.4 is 5.32 Å². The summed E-state index contributed by atoms with van der Waals surface area (Å²) in [6, 6.07) is 0. The lowest BCUT2D eigenvalue weighted by Gasteiger charge is -2.03. The van der Waals surface area contributed by atoms with Crippen LogP contribution in [0.5, 0.6) is 0 Å². The Balaban J connectivity index is 0.000000240. The third-order valence-electron chi connectivity index (χ3n) is 3.71. The summed E-state index contributed by atoms with van der Waals surface area (Å²) in [4.78, 5) is 24.9. The zero-order valence-corrected chi connectivity index (χ0v) is 22.2. The quantitative estimate of drug-likeness (QED) is 0.484. The Morgan fingerprint density at radius 1 is 0.938 bits per heavy atom. The van der Waals surface area contributed by atoms with Gasteiger partial charge in [0.05, 0.1) is 11.4 Å². The number of rotatable bonds is 9. The van der Waals surface area contributed by atoms with Crippen molar-refractivity contribution in [2.45, 2.75) is 57.3 Å². The smallest absolute Gasteiger partial charge is 0.434 e. The Morgan fingerprint density at radius 2 is 1.53 bits per heavy atom. The van der Waals surface area contributed by atoms with E-state index in [1.165, 1.54) is 5.57 Å². The second kappa shape index (κ2) is 16.3. The van der Waals surface area contributed by atoms with Crippen LogP contribution >= 0.6 is 35.3 Å². The number of thioether (sulfide) groups is 3. The van der Waals surface area contributed by atoms with Crippen LogP contribution in [0.2, 0.25) is 0 Å². The maximum atomic E-state index is 10.7. The third kappa shape index (κ3) is 14.7. The average Bonchev–Trinajstić information content (AvgIpc) is 3.47. The molecule has 0 saturated carbocycles. The number of nitrogens with zero attached hydrogens (tertiary/aromatic N) is 4. The number of carbonyl (C=O) groups excluding carboxylic acids is 2. The highest BCUT2D eigenvalue weighted by Gasteiger charge is 2.14. The monoisotopic (exact) mass is 501 g/mol. The van der Waals surface area contributed by atoms with Crippen LogP contribution in [0, 0.1) is 0 Å². The van der Waals surface area contributed by atoms with Gasteiger partial charge in [-0.2, -0.15) is 45.4 Å². The molecule has 11 heteroatoms. The van der Waals surface area contributed by atoms with Gasteiger partial charge in [-0.3, -0.25) is 4.79 Å². The molecule has 0 fully saturated rings. The molecule has 0 aliphatic carbocycles. The van der Waals surface area contributed by atoms with Crippen LogP contribution in [-0.2, 0) is 9.53 Å². The molecule has 180 valence electrons. The lowest BCUT2D eigenvalue weighted by Crippen LogP contribution is -2.15. The van der Waals surface area contributed by atoms with Crippen molar-refractivity contribution in [3.05, 3.63) is 11.6 Å². The summed E-state index contributed by atoms with van der Waals surface area (Å²) in [7, 11) is 0. The van der Waals surface area contributed by atoms with Crippen LogP contribution in [-0.4, -0.2) is 76.1 Å². The molecule has 0 bridgehead atoms. The number of aliphatic imine (C=N–C) groups is 1. The van der Waals surface area contributed by atoms with Crippen molar-refractivity contribution in [3.63, 3.8) is 0 Å². The Bertz CT molecular complexity index is 692. The molecule has 3 aliphatic heterocycles. The lowest BCUT2D eigenvalue weighted by atomic mass is 10.3. The Kier molecular flexibility index (Phi) is 14.6. The minimum Gasteiger partial charge on any atom is -0.442 e. The van der Waals surface area contributed by atoms with E-state index in [1.54, 1.807) is 17.8 Å². The highest BCUT2D eigenvalue weighted by Crippen LogP contribution is 2.15. The number of cyclic esters (lactones) is 1. The largest absolute Gasteiger partial charge is 0.442 e. The van der Waals surface area contributed by atoms with Crippen LogP contribution in [0.3, 0.4) is 0 Å². The maximum Gasteiger partial charge on any atom is 0.434 e. The van der Waals surface area contributed by atoms with Gasteiger partial charge >= 0.3 is 6.09 Å². The van der Waals surface area contributed by atoms with Crippen molar-refractivity contribution < 1.29 is 14.3 Å². The number of hydrogen-bond donors (Lipinski definition) is 1. The summed E-state index contributed by atoms with van der Waals surface area (Å²) >= 11 is 5.52. The molecular formula is C21H35N5O3S3. The van der Waals surface area contributed by atoms with Crippen molar-refractivity contribution in [2.75, 3.05) is 37.0 Å². The molecule has 3 heterocycles. The lowest BCUT2D eigenvalue weighted by molar-refractivity contribution is -0.115. The summed E-state index contributed by atoms with van der Waals surface area (Å²) in [5.41, 5.74) is 3.17. The van der Waals surface area contributed by atoms with Gasteiger partial charge in [-0.15, -0.1) is 5.10 Å². The van der Waals surface area contributed by atoms with E-state index >= 15 is 0 Å². The van der Waals surface area contributed by atoms with Crippen LogP contribution in [0.15, 0.2) is 32.1 Å². The van der Waals surface area contributed by atoms with Crippen molar-refractivity contribution in [1.29, 1.82) is 0 Å². The zero-order chi connectivity index (χ0) is 23.9. The van der Waals surface area contributed by atoms with Gasteiger partial charge in [0.1, 0.15) is 13.2 Å².